The van der Waals surface area contributed by atoms with Gasteiger partial charge >= 0.3 is 0 Å². The Morgan fingerprint density at radius 2 is 1.71 bits per heavy atom. The van der Waals surface area contributed by atoms with Gasteiger partial charge < -0.3 is 15.5 Å². The molecule has 3 aromatic rings. The Morgan fingerprint density at radius 1 is 1.00 bits per heavy atom. The fourth-order valence-corrected chi connectivity index (χ4v) is 3.25. The van der Waals surface area contributed by atoms with Crippen molar-refractivity contribution in [3.05, 3.63) is 72.8 Å². The van der Waals surface area contributed by atoms with Gasteiger partial charge in [0.05, 0.1) is 0 Å². The molecule has 7 nitrogen and oxygen atoms in total. The maximum Gasteiger partial charge on any atom is 0.191 e. The molecule has 0 atom stereocenters. The highest BCUT2D eigenvalue weighted by Crippen LogP contribution is 2.13. The van der Waals surface area contributed by atoms with Crippen molar-refractivity contribution >= 4 is 35.6 Å². The van der Waals surface area contributed by atoms with Crippen LogP contribution in [0.25, 0.3) is 5.69 Å². The van der Waals surface area contributed by atoms with Gasteiger partial charge in [-0.1, -0.05) is 36.4 Å². The van der Waals surface area contributed by atoms with E-state index in [2.05, 4.69) is 69.9 Å². The Labute approximate surface area is 202 Å². The van der Waals surface area contributed by atoms with E-state index < -0.39 is 0 Å². The Bertz CT molecular complexity index is 897. The lowest BCUT2D eigenvalue weighted by molar-refractivity contribution is 0.707. The number of nitrogens with zero attached hydrogens (tertiary/aromatic N) is 5. The molecule has 0 amide bonds. The van der Waals surface area contributed by atoms with Crippen molar-refractivity contribution in [3.8, 4) is 5.69 Å². The summed E-state index contributed by atoms with van der Waals surface area (Å²) in [6.07, 6.45) is 2.75. The molecule has 0 radical (unpaired) electrons. The lowest BCUT2D eigenvalue weighted by Crippen LogP contribution is -2.39. The average molecular weight is 533 g/mol. The third-order valence-electron chi connectivity index (χ3n) is 4.78. The van der Waals surface area contributed by atoms with Crippen molar-refractivity contribution in [2.75, 3.05) is 31.1 Å². The molecule has 31 heavy (non-hydrogen) atoms. The summed E-state index contributed by atoms with van der Waals surface area (Å²) in [7, 11) is 0. The third-order valence-corrected chi connectivity index (χ3v) is 4.78. The van der Waals surface area contributed by atoms with Gasteiger partial charge in [-0.05, 0) is 44.5 Å². The normalized spacial score (nSPS) is 11.0. The quantitative estimate of drug-likeness (QED) is 0.179. The molecule has 2 N–H and O–H groups in total. The number of rotatable bonds is 10. The molecule has 0 aliphatic heterocycles. The van der Waals surface area contributed by atoms with Crippen LogP contribution in [0, 0.1) is 0 Å². The summed E-state index contributed by atoms with van der Waals surface area (Å²) in [5, 5.41) is 15.0. The van der Waals surface area contributed by atoms with Crippen LogP contribution in [0.1, 0.15) is 26.1 Å². The zero-order valence-electron chi connectivity index (χ0n) is 18.2. The van der Waals surface area contributed by atoms with Gasteiger partial charge in [0.15, 0.2) is 11.8 Å². The number of aromatic nitrogens is 3. The zero-order chi connectivity index (χ0) is 21.0. The lowest BCUT2D eigenvalue weighted by atomic mass is 10.2. The number of anilines is 1. The van der Waals surface area contributed by atoms with Crippen LogP contribution < -0.4 is 15.5 Å². The fourth-order valence-electron chi connectivity index (χ4n) is 3.25. The minimum absolute atomic E-state index is 0. The van der Waals surface area contributed by atoms with Gasteiger partial charge in [0.25, 0.3) is 0 Å². The van der Waals surface area contributed by atoms with Gasteiger partial charge in [-0.15, -0.1) is 34.2 Å². The summed E-state index contributed by atoms with van der Waals surface area (Å²) in [5.74, 6) is 1.60. The number of guanidine groups is 1. The molecule has 0 fully saturated rings. The highest BCUT2D eigenvalue weighted by atomic mass is 127. The second-order valence-electron chi connectivity index (χ2n) is 6.84. The van der Waals surface area contributed by atoms with Crippen LogP contribution in [0.15, 0.2) is 72.0 Å². The second kappa shape index (κ2) is 13.6. The first-order valence-corrected chi connectivity index (χ1v) is 10.6. The summed E-state index contributed by atoms with van der Waals surface area (Å²) in [6, 6.07) is 20.6. The number of hydrogen-bond acceptors (Lipinski definition) is 4. The van der Waals surface area contributed by atoms with Crippen molar-refractivity contribution in [1.82, 2.24) is 25.4 Å². The minimum atomic E-state index is 0. The van der Waals surface area contributed by atoms with E-state index in [0.717, 1.165) is 50.1 Å². The number of hydrogen-bond donors (Lipinski definition) is 2. The summed E-state index contributed by atoms with van der Waals surface area (Å²) >= 11 is 0. The van der Waals surface area contributed by atoms with E-state index in [9.17, 15) is 0 Å². The Kier molecular flexibility index (Phi) is 10.8. The van der Waals surface area contributed by atoms with Crippen LogP contribution in [-0.4, -0.2) is 46.9 Å². The summed E-state index contributed by atoms with van der Waals surface area (Å²) in [4.78, 5) is 7.08. The number of para-hydroxylation sites is 2. The third kappa shape index (κ3) is 7.54. The van der Waals surface area contributed by atoms with E-state index in [1.165, 1.54) is 5.69 Å². The monoisotopic (exact) mass is 533 g/mol. The Balaban J connectivity index is 0.00000341. The number of aliphatic imine (C=N–C) groups is 1. The summed E-state index contributed by atoms with van der Waals surface area (Å²) < 4.78 is 1.96. The largest absolute Gasteiger partial charge is 0.372 e. The number of halogens is 1. The molecular weight excluding hydrogens is 501 g/mol. The number of nitrogens with one attached hydrogen (secondary N) is 2. The van der Waals surface area contributed by atoms with Gasteiger partial charge in [-0.3, -0.25) is 4.57 Å². The first-order chi connectivity index (χ1) is 14.8. The van der Waals surface area contributed by atoms with Crippen molar-refractivity contribution in [2.45, 2.75) is 26.8 Å². The molecule has 1 heterocycles. The van der Waals surface area contributed by atoms with Crippen LogP contribution in [0.4, 0.5) is 5.69 Å². The molecule has 0 bridgehead atoms. The van der Waals surface area contributed by atoms with Crippen molar-refractivity contribution in [2.24, 2.45) is 4.99 Å². The predicted octanol–water partition coefficient (Wildman–Crippen LogP) is 3.86. The molecule has 0 aliphatic rings. The summed E-state index contributed by atoms with van der Waals surface area (Å²) in [6.45, 7) is 8.35. The van der Waals surface area contributed by atoms with E-state index in [1.54, 1.807) is 6.33 Å². The fraction of sp³-hybridized carbons (Fsp3) is 0.348. The van der Waals surface area contributed by atoms with E-state index in [-0.39, 0.29) is 24.0 Å². The molecular formula is C23H32IN7. The molecule has 0 unspecified atom stereocenters. The molecule has 0 spiro atoms. The van der Waals surface area contributed by atoms with E-state index in [4.69, 9.17) is 4.99 Å². The highest BCUT2D eigenvalue weighted by molar-refractivity contribution is 14.0. The minimum Gasteiger partial charge on any atom is -0.372 e. The molecule has 2 aromatic carbocycles. The Morgan fingerprint density at radius 3 is 2.39 bits per heavy atom. The van der Waals surface area contributed by atoms with Gasteiger partial charge in [-0.2, -0.15) is 0 Å². The zero-order valence-corrected chi connectivity index (χ0v) is 20.6. The van der Waals surface area contributed by atoms with E-state index in [1.807, 2.05) is 34.9 Å². The SMILES string of the molecule is CCNC(=NCc1nncn1-c1ccccc1)NCCCN(CC)c1ccccc1.I. The van der Waals surface area contributed by atoms with Crippen LogP contribution >= 0.6 is 24.0 Å². The van der Waals surface area contributed by atoms with Gasteiger partial charge in [0, 0.05) is 37.6 Å². The second-order valence-corrected chi connectivity index (χ2v) is 6.84. The first-order valence-electron chi connectivity index (χ1n) is 10.6. The van der Waals surface area contributed by atoms with E-state index in [0.29, 0.717) is 6.54 Å². The number of benzene rings is 2. The molecule has 1 aromatic heterocycles. The van der Waals surface area contributed by atoms with Crippen LogP contribution in [0.2, 0.25) is 0 Å². The topological polar surface area (TPSA) is 70.4 Å². The smallest absolute Gasteiger partial charge is 0.191 e. The van der Waals surface area contributed by atoms with Crippen LogP contribution in [0.3, 0.4) is 0 Å². The maximum absolute atomic E-state index is 4.69. The predicted molar refractivity (Wildman–Crippen MR) is 139 cm³/mol. The van der Waals surface area contributed by atoms with Crippen molar-refractivity contribution in [3.63, 3.8) is 0 Å². The van der Waals surface area contributed by atoms with Gasteiger partial charge in [-0.25, -0.2) is 4.99 Å². The van der Waals surface area contributed by atoms with Crippen LogP contribution in [0.5, 0.6) is 0 Å². The van der Waals surface area contributed by atoms with Crippen molar-refractivity contribution < 1.29 is 0 Å². The average Bonchev–Trinajstić information content (AvgIpc) is 3.27. The molecule has 0 aliphatic carbocycles. The summed E-state index contributed by atoms with van der Waals surface area (Å²) in [5.41, 5.74) is 2.30. The Hall–Kier alpha value is -2.62. The standard InChI is InChI=1S/C23H31N7.HI/c1-3-24-23(25-16-11-17-29(4-2)20-12-7-5-8-13-20)26-18-22-28-27-19-30(22)21-14-9-6-10-15-21;/h5-10,12-15,19H,3-4,11,16-18H2,1-2H3,(H2,24,25,26);1H. The van der Waals surface area contributed by atoms with Gasteiger partial charge in [0.1, 0.15) is 12.9 Å². The molecule has 3 rings (SSSR count). The van der Waals surface area contributed by atoms with E-state index >= 15 is 0 Å². The van der Waals surface area contributed by atoms with Crippen LogP contribution in [-0.2, 0) is 6.54 Å². The maximum atomic E-state index is 4.69. The molecule has 0 saturated heterocycles. The molecule has 8 heteroatoms. The molecule has 0 saturated carbocycles. The highest BCUT2D eigenvalue weighted by Gasteiger charge is 2.07. The molecule has 166 valence electrons. The van der Waals surface area contributed by atoms with Gasteiger partial charge in [0.2, 0.25) is 0 Å². The first kappa shape index (κ1) is 24.6. The lowest BCUT2D eigenvalue weighted by Gasteiger charge is -2.23. The van der Waals surface area contributed by atoms with Crippen molar-refractivity contribution in [1.29, 1.82) is 0 Å².